The molecule has 1 unspecified atom stereocenters. The van der Waals surface area contributed by atoms with E-state index >= 15 is 0 Å². The van der Waals surface area contributed by atoms with Gasteiger partial charge in [0.1, 0.15) is 23.7 Å². The molecule has 210 valence electrons. The van der Waals surface area contributed by atoms with Gasteiger partial charge in [-0.15, -0.1) is 0 Å². The lowest BCUT2D eigenvalue weighted by molar-refractivity contribution is 0.0554. The molecule has 5 rings (SSSR count). The van der Waals surface area contributed by atoms with Crippen molar-refractivity contribution in [2.24, 2.45) is 0 Å². The first-order valence-electron chi connectivity index (χ1n) is 12.8. The lowest BCUT2D eigenvalue weighted by Crippen LogP contribution is -2.29. The molecular formula is C31H28N2O7S. The second kappa shape index (κ2) is 11.1. The first-order chi connectivity index (χ1) is 19.7. The number of methoxy groups -OCH3 is 1. The van der Waals surface area contributed by atoms with Crippen LogP contribution in [0.3, 0.4) is 0 Å². The Morgan fingerprint density at radius 1 is 1.07 bits per heavy atom. The van der Waals surface area contributed by atoms with Gasteiger partial charge in [-0.25, -0.2) is 9.78 Å². The summed E-state index contributed by atoms with van der Waals surface area (Å²) in [7, 11) is 1.50. The van der Waals surface area contributed by atoms with Gasteiger partial charge in [-0.1, -0.05) is 42.7 Å². The molecule has 0 N–H and O–H groups in total. The highest BCUT2D eigenvalue weighted by Gasteiger charge is 2.45. The number of nitrogens with zero attached hydrogens (tertiary/aromatic N) is 2. The van der Waals surface area contributed by atoms with Crippen LogP contribution in [-0.2, 0) is 4.74 Å². The summed E-state index contributed by atoms with van der Waals surface area (Å²) < 4.78 is 22.6. The maximum Gasteiger partial charge on any atom is 0.350 e. The minimum absolute atomic E-state index is 0.0339. The summed E-state index contributed by atoms with van der Waals surface area (Å²) in [5.41, 5.74) is 2.98. The van der Waals surface area contributed by atoms with E-state index in [2.05, 4.69) is 18.1 Å². The molecule has 1 aliphatic rings. The number of amides is 1. The summed E-state index contributed by atoms with van der Waals surface area (Å²) in [6.45, 7) is 13.0. The van der Waals surface area contributed by atoms with E-state index in [1.165, 1.54) is 18.1 Å². The number of hydrogen-bond donors (Lipinski definition) is 0. The van der Waals surface area contributed by atoms with Crippen molar-refractivity contribution in [3.8, 4) is 11.5 Å². The molecular weight excluding hydrogens is 544 g/mol. The summed E-state index contributed by atoms with van der Waals surface area (Å²) in [6, 6.07) is 7.79. The standard InChI is InChI=1S/C31H28N2O7S/c1-7-11-38-21-10-9-19(15-23(21)37-6)25-24-26(34)20-13-16(3)17(4)14-22(20)40-27(24)29(35)33(25)31-32-18(5)28(41-31)30(36)39-12-8-2/h7-10,13-15,25H,1-2,11-12H2,3-6H3. The van der Waals surface area contributed by atoms with Gasteiger partial charge in [0.2, 0.25) is 5.76 Å². The van der Waals surface area contributed by atoms with E-state index in [1.54, 1.807) is 43.3 Å². The molecule has 0 radical (unpaired) electrons. The Labute approximate surface area is 240 Å². The first-order valence-corrected chi connectivity index (χ1v) is 13.6. The number of carbonyl (C=O) groups is 2. The van der Waals surface area contributed by atoms with Gasteiger partial charge in [0, 0.05) is 0 Å². The number of aromatic nitrogens is 1. The third kappa shape index (κ3) is 4.80. The van der Waals surface area contributed by atoms with Gasteiger partial charge in [-0.3, -0.25) is 14.5 Å². The van der Waals surface area contributed by atoms with Crippen LogP contribution in [-0.4, -0.2) is 37.2 Å². The zero-order valence-corrected chi connectivity index (χ0v) is 23.9. The first kappa shape index (κ1) is 27.9. The molecule has 9 nitrogen and oxygen atoms in total. The minimum atomic E-state index is -0.912. The van der Waals surface area contributed by atoms with Crippen molar-refractivity contribution in [1.82, 2.24) is 4.98 Å². The Morgan fingerprint density at radius 3 is 2.51 bits per heavy atom. The van der Waals surface area contributed by atoms with Crippen LogP contribution in [0.2, 0.25) is 0 Å². The molecule has 2 aromatic heterocycles. The van der Waals surface area contributed by atoms with E-state index in [4.69, 9.17) is 18.6 Å². The molecule has 3 heterocycles. The van der Waals surface area contributed by atoms with Gasteiger partial charge in [0.15, 0.2) is 22.1 Å². The predicted octanol–water partition coefficient (Wildman–Crippen LogP) is 5.84. The topological polar surface area (TPSA) is 108 Å². The van der Waals surface area contributed by atoms with Crippen LogP contribution in [0.5, 0.6) is 11.5 Å². The quantitative estimate of drug-likeness (QED) is 0.182. The number of thiazole rings is 1. The number of benzene rings is 2. The van der Waals surface area contributed by atoms with Gasteiger partial charge in [0.25, 0.3) is 5.91 Å². The van der Waals surface area contributed by atoms with Crippen molar-refractivity contribution in [2.75, 3.05) is 25.2 Å². The summed E-state index contributed by atoms with van der Waals surface area (Å²) in [5.74, 6) is -0.325. The van der Waals surface area contributed by atoms with Crippen LogP contribution in [0.4, 0.5) is 5.13 Å². The molecule has 1 atom stereocenters. The van der Waals surface area contributed by atoms with Crippen LogP contribution in [0.25, 0.3) is 11.0 Å². The number of esters is 1. The molecule has 0 fully saturated rings. The van der Waals surface area contributed by atoms with E-state index in [0.717, 1.165) is 22.5 Å². The third-order valence-corrected chi connectivity index (χ3v) is 7.99. The van der Waals surface area contributed by atoms with Crippen molar-refractivity contribution in [3.05, 3.63) is 104 Å². The summed E-state index contributed by atoms with van der Waals surface area (Å²) >= 11 is 1.00. The van der Waals surface area contributed by atoms with Crippen LogP contribution in [0.15, 0.2) is 64.9 Å². The van der Waals surface area contributed by atoms with Crippen LogP contribution >= 0.6 is 11.3 Å². The molecule has 1 aliphatic heterocycles. The SMILES string of the molecule is C=CCOC(=O)c1sc(N2C(=O)c3oc4cc(C)c(C)cc4c(=O)c3C2c2ccc(OCC=C)c(OC)c2)nc1C. The summed E-state index contributed by atoms with van der Waals surface area (Å²) in [6.07, 6.45) is 3.08. The fourth-order valence-electron chi connectivity index (χ4n) is 4.74. The fraction of sp³-hybridized carbons (Fsp3) is 0.226. The molecule has 41 heavy (non-hydrogen) atoms. The Balaban J connectivity index is 1.73. The molecule has 0 saturated heterocycles. The number of hydrogen-bond acceptors (Lipinski definition) is 9. The van der Waals surface area contributed by atoms with Gasteiger partial charge < -0.3 is 18.6 Å². The van der Waals surface area contributed by atoms with Crippen LogP contribution in [0.1, 0.15) is 54.2 Å². The monoisotopic (exact) mass is 572 g/mol. The highest BCUT2D eigenvalue weighted by atomic mass is 32.1. The average molecular weight is 573 g/mol. The lowest BCUT2D eigenvalue weighted by Gasteiger charge is -2.23. The van der Waals surface area contributed by atoms with Crippen molar-refractivity contribution in [3.63, 3.8) is 0 Å². The normalized spacial score (nSPS) is 14.2. The van der Waals surface area contributed by atoms with E-state index in [-0.39, 0.29) is 40.0 Å². The number of fused-ring (bicyclic) bond motifs is 2. The fourth-order valence-corrected chi connectivity index (χ4v) is 5.73. The highest BCUT2D eigenvalue weighted by Crippen LogP contribution is 2.45. The molecule has 2 aromatic carbocycles. The predicted molar refractivity (Wildman–Crippen MR) is 157 cm³/mol. The third-order valence-electron chi connectivity index (χ3n) is 6.86. The number of rotatable bonds is 9. The molecule has 10 heteroatoms. The number of ether oxygens (including phenoxy) is 3. The van der Waals surface area contributed by atoms with Crippen LogP contribution < -0.4 is 19.8 Å². The van der Waals surface area contributed by atoms with E-state index in [9.17, 15) is 14.4 Å². The maximum absolute atomic E-state index is 14.0. The van der Waals surface area contributed by atoms with Gasteiger partial charge in [0.05, 0.1) is 29.8 Å². The largest absolute Gasteiger partial charge is 0.493 e. The second-order valence-corrected chi connectivity index (χ2v) is 10.5. The molecule has 1 amide bonds. The highest BCUT2D eigenvalue weighted by molar-refractivity contribution is 7.17. The van der Waals surface area contributed by atoms with E-state index in [0.29, 0.717) is 33.7 Å². The number of carbonyl (C=O) groups excluding carboxylic acids is 2. The molecule has 0 saturated carbocycles. The maximum atomic E-state index is 14.0. The van der Waals surface area contributed by atoms with Crippen molar-refractivity contribution in [2.45, 2.75) is 26.8 Å². The van der Waals surface area contributed by atoms with Gasteiger partial charge in [-0.2, -0.15) is 0 Å². The average Bonchev–Trinajstić information content (AvgIpc) is 3.48. The van der Waals surface area contributed by atoms with E-state index < -0.39 is 17.9 Å². The van der Waals surface area contributed by atoms with Crippen molar-refractivity contribution >= 4 is 39.3 Å². The van der Waals surface area contributed by atoms with Crippen molar-refractivity contribution < 1.29 is 28.2 Å². The molecule has 0 aliphatic carbocycles. The Morgan fingerprint density at radius 2 is 1.80 bits per heavy atom. The Hall–Kier alpha value is -4.70. The summed E-state index contributed by atoms with van der Waals surface area (Å²) in [4.78, 5) is 46.9. The zero-order valence-electron chi connectivity index (χ0n) is 23.1. The second-order valence-electron chi connectivity index (χ2n) is 9.49. The molecule has 0 bridgehead atoms. The van der Waals surface area contributed by atoms with E-state index in [1.807, 2.05) is 13.8 Å². The smallest absolute Gasteiger partial charge is 0.350 e. The minimum Gasteiger partial charge on any atom is -0.493 e. The summed E-state index contributed by atoms with van der Waals surface area (Å²) in [5, 5.41) is 0.588. The Kier molecular flexibility index (Phi) is 7.51. The number of aryl methyl sites for hydroxylation is 3. The van der Waals surface area contributed by atoms with Gasteiger partial charge >= 0.3 is 5.97 Å². The lowest BCUT2D eigenvalue weighted by atomic mass is 9.97. The van der Waals surface area contributed by atoms with Gasteiger partial charge in [-0.05, 0) is 61.7 Å². The number of anilines is 1. The Bertz CT molecular complexity index is 1790. The van der Waals surface area contributed by atoms with Crippen LogP contribution in [0, 0.1) is 20.8 Å². The zero-order chi connectivity index (χ0) is 29.4. The molecule has 4 aromatic rings. The molecule has 0 spiro atoms. The van der Waals surface area contributed by atoms with Crippen molar-refractivity contribution in [1.29, 1.82) is 0 Å².